The van der Waals surface area contributed by atoms with Crippen LogP contribution in [0.1, 0.15) is 50.3 Å². The van der Waals surface area contributed by atoms with Crippen LogP contribution >= 0.6 is 11.6 Å². The van der Waals surface area contributed by atoms with Gasteiger partial charge in [-0.3, -0.25) is 13.9 Å². The fraction of sp³-hybridized carbons (Fsp3) is 0.355. The quantitative estimate of drug-likeness (QED) is 0.289. The molecule has 1 N–H and O–H groups in total. The Kier molecular flexibility index (Phi) is 10.8. The van der Waals surface area contributed by atoms with Gasteiger partial charge in [-0.05, 0) is 74.6 Å². The minimum absolute atomic E-state index is 0.0525. The Hall–Kier alpha value is -3.36. The second-order valence-corrected chi connectivity index (χ2v) is 12.2. The Labute approximate surface area is 243 Å². The lowest BCUT2D eigenvalue weighted by Gasteiger charge is -2.34. The number of nitrogens with one attached hydrogen (secondary N) is 1. The van der Waals surface area contributed by atoms with Crippen LogP contribution in [0.2, 0.25) is 5.02 Å². The topological polar surface area (TPSA) is 86.8 Å². The van der Waals surface area contributed by atoms with Crippen molar-refractivity contribution in [2.45, 2.75) is 71.0 Å². The number of aryl methyl sites for hydroxylation is 1. The molecule has 0 bridgehead atoms. The fourth-order valence-corrected chi connectivity index (χ4v) is 6.10. The van der Waals surface area contributed by atoms with Crippen molar-refractivity contribution in [3.8, 4) is 0 Å². The third-order valence-corrected chi connectivity index (χ3v) is 9.28. The Balaban J connectivity index is 2.10. The van der Waals surface area contributed by atoms with E-state index < -0.39 is 28.5 Å². The summed E-state index contributed by atoms with van der Waals surface area (Å²) in [7, 11) is -4.12. The minimum atomic E-state index is -4.12. The van der Waals surface area contributed by atoms with Crippen LogP contribution in [0.3, 0.4) is 0 Å². The van der Waals surface area contributed by atoms with Crippen LogP contribution in [0.25, 0.3) is 0 Å². The van der Waals surface area contributed by atoms with Crippen molar-refractivity contribution in [2.24, 2.45) is 0 Å². The standard InChI is InChI=1S/C31H38ClN3O4S/c1-6-23(4)33-31(37)28(7-2)34(20-25-15-11-12-18-27(25)32)30(36)21-35(29-19-13-14-22(3)24(29)5)40(38,39)26-16-9-8-10-17-26/h8-19,23,28H,6-7,20-21H2,1-5H3,(H,33,37). The molecule has 2 atom stereocenters. The molecule has 0 fully saturated rings. The predicted molar refractivity (Wildman–Crippen MR) is 161 cm³/mol. The summed E-state index contributed by atoms with van der Waals surface area (Å²) in [6.45, 7) is 8.99. The molecule has 214 valence electrons. The number of rotatable bonds is 12. The number of hydrogen-bond acceptors (Lipinski definition) is 4. The molecule has 0 saturated carbocycles. The summed E-state index contributed by atoms with van der Waals surface area (Å²) in [6.07, 6.45) is 1.07. The maximum atomic E-state index is 14.2. The number of carbonyl (C=O) groups excluding carboxylic acids is 2. The van der Waals surface area contributed by atoms with Gasteiger partial charge in [0.15, 0.2) is 0 Å². The van der Waals surface area contributed by atoms with Gasteiger partial charge in [0, 0.05) is 17.6 Å². The molecule has 2 amide bonds. The first-order valence-electron chi connectivity index (χ1n) is 13.5. The first kappa shape index (κ1) is 31.2. The third kappa shape index (κ3) is 7.23. The molecule has 0 radical (unpaired) electrons. The first-order valence-corrected chi connectivity index (χ1v) is 15.3. The molecule has 9 heteroatoms. The lowest BCUT2D eigenvalue weighted by molar-refractivity contribution is -0.140. The van der Waals surface area contributed by atoms with Crippen molar-refractivity contribution in [1.82, 2.24) is 10.2 Å². The highest BCUT2D eigenvalue weighted by Crippen LogP contribution is 2.29. The van der Waals surface area contributed by atoms with Gasteiger partial charge in [0.25, 0.3) is 10.0 Å². The number of halogens is 1. The van der Waals surface area contributed by atoms with E-state index in [0.717, 1.165) is 21.9 Å². The Bertz CT molecular complexity index is 1430. The average molecular weight is 584 g/mol. The van der Waals surface area contributed by atoms with Gasteiger partial charge < -0.3 is 10.2 Å². The Morgan fingerprint density at radius 1 is 0.900 bits per heavy atom. The maximum Gasteiger partial charge on any atom is 0.264 e. The second kappa shape index (κ2) is 13.8. The van der Waals surface area contributed by atoms with Crippen LogP contribution in [0.15, 0.2) is 77.7 Å². The average Bonchev–Trinajstić information content (AvgIpc) is 2.94. The predicted octanol–water partition coefficient (Wildman–Crippen LogP) is 5.87. The maximum absolute atomic E-state index is 14.2. The van der Waals surface area contributed by atoms with Crippen molar-refractivity contribution in [3.63, 3.8) is 0 Å². The van der Waals surface area contributed by atoms with Gasteiger partial charge in [-0.2, -0.15) is 0 Å². The highest BCUT2D eigenvalue weighted by Gasteiger charge is 2.34. The summed E-state index contributed by atoms with van der Waals surface area (Å²) in [4.78, 5) is 29.1. The number of carbonyl (C=O) groups is 2. The van der Waals surface area contributed by atoms with E-state index in [0.29, 0.717) is 22.7 Å². The lowest BCUT2D eigenvalue weighted by atomic mass is 10.1. The molecule has 2 unspecified atom stereocenters. The highest BCUT2D eigenvalue weighted by atomic mass is 35.5. The van der Waals surface area contributed by atoms with E-state index >= 15 is 0 Å². The number of benzene rings is 3. The molecule has 0 spiro atoms. The Morgan fingerprint density at radius 2 is 1.55 bits per heavy atom. The van der Waals surface area contributed by atoms with Gasteiger partial charge >= 0.3 is 0 Å². The monoisotopic (exact) mass is 583 g/mol. The van der Waals surface area contributed by atoms with Crippen molar-refractivity contribution in [2.75, 3.05) is 10.8 Å². The summed E-state index contributed by atoms with van der Waals surface area (Å²) in [5, 5.41) is 3.44. The van der Waals surface area contributed by atoms with Gasteiger partial charge in [-0.1, -0.05) is 74.0 Å². The van der Waals surface area contributed by atoms with E-state index in [9.17, 15) is 18.0 Å². The molecule has 3 aromatic carbocycles. The number of anilines is 1. The molecule has 0 saturated heterocycles. The van der Waals surface area contributed by atoms with Gasteiger partial charge in [-0.25, -0.2) is 8.42 Å². The smallest absolute Gasteiger partial charge is 0.264 e. The van der Waals surface area contributed by atoms with Crippen LogP contribution < -0.4 is 9.62 Å². The van der Waals surface area contributed by atoms with Crippen LogP contribution in [-0.2, 0) is 26.2 Å². The van der Waals surface area contributed by atoms with Gasteiger partial charge in [0.2, 0.25) is 11.8 Å². The van der Waals surface area contributed by atoms with Crippen LogP contribution in [0.4, 0.5) is 5.69 Å². The second-order valence-electron chi connectivity index (χ2n) is 9.90. The summed E-state index contributed by atoms with van der Waals surface area (Å²) in [5.41, 5.74) is 2.71. The molecule has 40 heavy (non-hydrogen) atoms. The molecule has 0 heterocycles. The van der Waals surface area contributed by atoms with E-state index in [-0.39, 0.29) is 23.4 Å². The van der Waals surface area contributed by atoms with E-state index in [4.69, 9.17) is 11.6 Å². The zero-order chi connectivity index (χ0) is 29.4. The summed E-state index contributed by atoms with van der Waals surface area (Å²) >= 11 is 6.45. The molecular weight excluding hydrogens is 546 g/mol. The summed E-state index contributed by atoms with van der Waals surface area (Å²) < 4.78 is 29.1. The SMILES string of the molecule is CCC(C)NC(=O)C(CC)N(Cc1ccccc1Cl)C(=O)CN(c1cccc(C)c1C)S(=O)(=O)c1ccccc1. The first-order chi connectivity index (χ1) is 19.0. The van der Waals surface area contributed by atoms with E-state index in [1.165, 1.54) is 17.0 Å². The molecule has 0 aliphatic carbocycles. The van der Waals surface area contributed by atoms with E-state index in [2.05, 4.69) is 5.32 Å². The number of amides is 2. The fourth-order valence-electron chi connectivity index (χ4n) is 4.41. The van der Waals surface area contributed by atoms with Gasteiger partial charge in [-0.15, -0.1) is 0 Å². The van der Waals surface area contributed by atoms with Crippen LogP contribution in [0.5, 0.6) is 0 Å². The number of sulfonamides is 1. The molecule has 3 rings (SSSR count). The molecule has 0 aliphatic heterocycles. The van der Waals surface area contributed by atoms with Crippen molar-refractivity contribution >= 4 is 39.1 Å². The van der Waals surface area contributed by atoms with E-state index in [1.54, 1.807) is 48.5 Å². The molecule has 0 aliphatic rings. The van der Waals surface area contributed by atoms with Gasteiger partial charge in [0.05, 0.1) is 10.6 Å². The minimum Gasteiger partial charge on any atom is -0.352 e. The van der Waals surface area contributed by atoms with Crippen LogP contribution in [0, 0.1) is 13.8 Å². The normalized spacial score (nSPS) is 12.8. The highest BCUT2D eigenvalue weighted by molar-refractivity contribution is 7.92. The Morgan fingerprint density at radius 3 is 2.17 bits per heavy atom. The third-order valence-electron chi connectivity index (χ3n) is 7.14. The zero-order valence-corrected chi connectivity index (χ0v) is 25.3. The molecular formula is C31H38ClN3O4S. The number of hydrogen-bond donors (Lipinski definition) is 1. The largest absolute Gasteiger partial charge is 0.352 e. The lowest BCUT2D eigenvalue weighted by Crippen LogP contribution is -2.53. The van der Waals surface area contributed by atoms with E-state index in [1.807, 2.05) is 46.8 Å². The molecule has 0 aromatic heterocycles. The summed E-state index contributed by atoms with van der Waals surface area (Å²) in [5.74, 6) is -0.798. The number of nitrogens with zero attached hydrogens (tertiary/aromatic N) is 2. The van der Waals surface area contributed by atoms with Crippen LogP contribution in [-0.4, -0.2) is 43.8 Å². The van der Waals surface area contributed by atoms with Crippen molar-refractivity contribution < 1.29 is 18.0 Å². The molecule has 3 aromatic rings. The zero-order valence-electron chi connectivity index (χ0n) is 23.7. The van der Waals surface area contributed by atoms with Crippen molar-refractivity contribution in [3.05, 3.63) is 94.5 Å². The van der Waals surface area contributed by atoms with Crippen molar-refractivity contribution in [1.29, 1.82) is 0 Å². The molecule has 7 nitrogen and oxygen atoms in total. The van der Waals surface area contributed by atoms with Gasteiger partial charge in [0.1, 0.15) is 12.6 Å². The summed E-state index contributed by atoms with van der Waals surface area (Å²) in [6, 6.07) is 19.6.